The number of rotatable bonds is 7. The topological polar surface area (TPSA) is 108 Å². The second-order valence-electron chi connectivity index (χ2n) is 3.86. The molecule has 1 aromatic carbocycles. The molecule has 0 bridgehead atoms. The fourth-order valence-electron chi connectivity index (χ4n) is 1.44. The molecule has 0 saturated carbocycles. The van der Waals surface area contributed by atoms with Gasteiger partial charge in [-0.05, 0) is 0 Å². The molecule has 1 aromatic rings. The molecule has 1 unspecified atom stereocenters. The Balaban J connectivity index is 0.00000361. The standard InChI is InChI=1S/C11H17NO6S.Na/c1-17-10-3-8(4-11(5-10)18-2)12-6-9(13)7-19(14,15)16;/h3-5,9,12-13H,6-7H2,1-2H3,(H,14,15,16);/q;+1/p-1. The van der Waals surface area contributed by atoms with Gasteiger partial charge in [-0.1, -0.05) is 0 Å². The number of nitrogens with one attached hydrogen (secondary N) is 1. The summed E-state index contributed by atoms with van der Waals surface area (Å²) < 4.78 is 41.5. The monoisotopic (exact) mass is 313 g/mol. The van der Waals surface area contributed by atoms with E-state index in [1.165, 1.54) is 14.2 Å². The zero-order chi connectivity index (χ0) is 14.5. The van der Waals surface area contributed by atoms with Crippen molar-refractivity contribution < 1.29 is 57.1 Å². The number of aliphatic hydroxyl groups is 1. The van der Waals surface area contributed by atoms with Crippen molar-refractivity contribution in [3.8, 4) is 11.5 Å². The van der Waals surface area contributed by atoms with Crippen LogP contribution in [0, 0.1) is 0 Å². The van der Waals surface area contributed by atoms with Crippen LogP contribution in [-0.2, 0) is 10.1 Å². The molecule has 0 heterocycles. The van der Waals surface area contributed by atoms with E-state index in [1.54, 1.807) is 18.2 Å². The maximum atomic E-state index is 10.5. The number of anilines is 1. The van der Waals surface area contributed by atoms with E-state index in [4.69, 9.17) is 9.47 Å². The van der Waals surface area contributed by atoms with Crippen molar-refractivity contribution in [1.82, 2.24) is 0 Å². The Morgan fingerprint density at radius 3 is 2.15 bits per heavy atom. The van der Waals surface area contributed by atoms with Gasteiger partial charge in [0.05, 0.1) is 36.2 Å². The second-order valence-corrected chi connectivity index (χ2v) is 5.31. The van der Waals surface area contributed by atoms with Crippen LogP contribution in [0.5, 0.6) is 11.5 Å². The van der Waals surface area contributed by atoms with E-state index in [0.29, 0.717) is 17.2 Å². The Morgan fingerprint density at radius 1 is 1.25 bits per heavy atom. The van der Waals surface area contributed by atoms with Crippen molar-refractivity contribution >= 4 is 15.8 Å². The van der Waals surface area contributed by atoms with Gasteiger partial charge in [0.15, 0.2) is 0 Å². The summed E-state index contributed by atoms with van der Waals surface area (Å²) in [4.78, 5) is 0. The Morgan fingerprint density at radius 2 is 1.75 bits per heavy atom. The van der Waals surface area contributed by atoms with E-state index in [2.05, 4.69) is 5.32 Å². The minimum absolute atomic E-state index is 0. The average molecular weight is 313 g/mol. The molecule has 1 atom stereocenters. The van der Waals surface area contributed by atoms with Crippen molar-refractivity contribution in [3.63, 3.8) is 0 Å². The van der Waals surface area contributed by atoms with Crippen molar-refractivity contribution in [2.24, 2.45) is 0 Å². The third-order valence-corrected chi connectivity index (χ3v) is 3.08. The minimum Gasteiger partial charge on any atom is -0.748 e. The van der Waals surface area contributed by atoms with Gasteiger partial charge in [-0.3, -0.25) is 0 Å². The molecule has 0 radical (unpaired) electrons. The largest absolute Gasteiger partial charge is 1.00 e. The number of ether oxygens (including phenoxy) is 2. The molecule has 108 valence electrons. The number of benzene rings is 1. The third kappa shape index (κ3) is 7.32. The van der Waals surface area contributed by atoms with Crippen LogP contribution in [0.1, 0.15) is 0 Å². The summed E-state index contributed by atoms with van der Waals surface area (Å²) in [7, 11) is -1.45. The summed E-state index contributed by atoms with van der Waals surface area (Å²) in [6, 6.07) is 4.98. The van der Waals surface area contributed by atoms with Crippen LogP contribution in [0.3, 0.4) is 0 Å². The maximum absolute atomic E-state index is 10.5. The van der Waals surface area contributed by atoms with E-state index in [1.807, 2.05) is 0 Å². The fourth-order valence-corrected chi connectivity index (χ4v) is 2.03. The molecule has 0 aromatic heterocycles. The predicted octanol–water partition coefficient (Wildman–Crippen LogP) is -2.97. The van der Waals surface area contributed by atoms with E-state index in [9.17, 15) is 18.1 Å². The Labute approximate surface area is 140 Å². The first kappa shape index (κ1) is 19.5. The first-order chi connectivity index (χ1) is 8.84. The second kappa shape index (κ2) is 8.71. The summed E-state index contributed by atoms with van der Waals surface area (Å²) in [5.74, 6) is 0.266. The van der Waals surface area contributed by atoms with Crippen LogP contribution in [0.2, 0.25) is 0 Å². The molecule has 1 rings (SSSR count). The molecular weight excluding hydrogens is 297 g/mol. The van der Waals surface area contributed by atoms with Crippen LogP contribution < -0.4 is 44.3 Å². The average Bonchev–Trinajstić information content (AvgIpc) is 2.33. The van der Waals surface area contributed by atoms with Crippen molar-refractivity contribution in [3.05, 3.63) is 18.2 Å². The van der Waals surface area contributed by atoms with Crippen LogP contribution in [0.15, 0.2) is 18.2 Å². The van der Waals surface area contributed by atoms with Gasteiger partial charge in [0.25, 0.3) is 0 Å². The van der Waals surface area contributed by atoms with E-state index in [-0.39, 0.29) is 36.1 Å². The quantitative estimate of drug-likeness (QED) is 0.409. The zero-order valence-electron chi connectivity index (χ0n) is 11.6. The minimum atomic E-state index is -4.44. The van der Waals surface area contributed by atoms with Gasteiger partial charge in [0.2, 0.25) is 0 Å². The van der Waals surface area contributed by atoms with Gasteiger partial charge in [0.1, 0.15) is 11.5 Å². The first-order valence-corrected chi connectivity index (χ1v) is 7.00. The summed E-state index contributed by atoms with van der Waals surface area (Å²) >= 11 is 0. The molecule has 0 fully saturated rings. The molecule has 20 heavy (non-hydrogen) atoms. The molecular formula is C11H16NNaO6S. The molecule has 7 nitrogen and oxygen atoms in total. The zero-order valence-corrected chi connectivity index (χ0v) is 14.4. The number of hydrogen-bond donors (Lipinski definition) is 2. The molecule has 9 heteroatoms. The van der Waals surface area contributed by atoms with Crippen molar-refractivity contribution in [2.75, 3.05) is 31.8 Å². The van der Waals surface area contributed by atoms with E-state index in [0.717, 1.165) is 0 Å². The van der Waals surface area contributed by atoms with Gasteiger partial charge in [-0.25, -0.2) is 8.42 Å². The number of methoxy groups -OCH3 is 2. The van der Waals surface area contributed by atoms with E-state index < -0.39 is 22.0 Å². The molecule has 0 spiro atoms. The van der Waals surface area contributed by atoms with Crippen molar-refractivity contribution in [1.29, 1.82) is 0 Å². The fraction of sp³-hybridized carbons (Fsp3) is 0.455. The Bertz CT molecular complexity index is 499. The molecule has 0 aliphatic rings. The normalized spacial score (nSPS) is 12.2. The van der Waals surface area contributed by atoms with Gasteiger partial charge >= 0.3 is 29.6 Å². The van der Waals surface area contributed by atoms with Gasteiger partial charge in [-0.2, -0.15) is 0 Å². The van der Waals surface area contributed by atoms with Gasteiger partial charge in [-0.15, -0.1) is 0 Å². The summed E-state index contributed by atoms with van der Waals surface area (Å²) in [6.07, 6.45) is -1.28. The van der Waals surface area contributed by atoms with Gasteiger partial charge in [0, 0.05) is 30.4 Å². The first-order valence-electron chi connectivity index (χ1n) is 5.42. The summed E-state index contributed by atoms with van der Waals surface area (Å²) in [5, 5.41) is 12.2. The van der Waals surface area contributed by atoms with Crippen LogP contribution in [0.25, 0.3) is 0 Å². The Kier molecular flexibility index (Phi) is 8.48. The smallest absolute Gasteiger partial charge is 0.748 e. The summed E-state index contributed by atoms with van der Waals surface area (Å²) in [6.45, 7) is -0.0716. The summed E-state index contributed by atoms with van der Waals surface area (Å²) in [5.41, 5.74) is 0.582. The molecule has 0 aliphatic heterocycles. The molecule has 0 aliphatic carbocycles. The van der Waals surface area contributed by atoms with E-state index >= 15 is 0 Å². The third-order valence-electron chi connectivity index (χ3n) is 2.29. The molecule has 0 saturated heterocycles. The predicted molar refractivity (Wildman–Crippen MR) is 68.6 cm³/mol. The molecule has 0 amide bonds. The number of aliphatic hydroxyl groups excluding tert-OH is 1. The Hall–Kier alpha value is -0.510. The van der Waals surface area contributed by atoms with Crippen LogP contribution in [-0.4, -0.2) is 50.7 Å². The van der Waals surface area contributed by atoms with Crippen LogP contribution in [0.4, 0.5) is 5.69 Å². The molecule has 2 N–H and O–H groups in total. The van der Waals surface area contributed by atoms with Crippen LogP contribution >= 0.6 is 0 Å². The maximum Gasteiger partial charge on any atom is 1.00 e. The van der Waals surface area contributed by atoms with Gasteiger partial charge < -0.3 is 24.4 Å². The SMILES string of the molecule is COc1cc(NCC(O)CS(=O)(=O)[O-])cc(OC)c1.[Na+]. The number of hydrogen-bond acceptors (Lipinski definition) is 7. The van der Waals surface area contributed by atoms with Crippen molar-refractivity contribution in [2.45, 2.75) is 6.10 Å².